The van der Waals surface area contributed by atoms with Crippen molar-refractivity contribution in [3.8, 4) is 0 Å². The number of hydrogen-bond donors (Lipinski definition) is 3. The van der Waals surface area contributed by atoms with Gasteiger partial charge in [-0.05, 0) is 62.8 Å². The third-order valence-electron chi connectivity index (χ3n) is 14.0. The first-order valence-corrected chi connectivity index (χ1v) is 22.3. The van der Waals surface area contributed by atoms with Gasteiger partial charge in [-0.25, -0.2) is 0 Å². The van der Waals surface area contributed by atoms with Gasteiger partial charge in [-0.1, -0.05) is 64.2 Å². The summed E-state index contributed by atoms with van der Waals surface area (Å²) in [7, 11) is 3.22. The van der Waals surface area contributed by atoms with E-state index in [9.17, 15) is 20.1 Å². The molecule has 61 heavy (non-hydrogen) atoms. The molecule has 6 aliphatic heterocycles. The van der Waals surface area contributed by atoms with Gasteiger partial charge in [0.1, 0.15) is 42.0 Å². The highest BCUT2D eigenvalue weighted by Gasteiger charge is 2.60. The van der Waals surface area contributed by atoms with Gasteiger partial charge in [0.05, 0.1) is 49.3 Å². The highest BCUT2D eigenvalue weighted by molar-refractivity contribution is 5.78. The lowest BCUT2D eigenvalue weighted by molar-refractivity contribution is -0.318. The molecule has 342 valence electrons. The van der Waals surface area contributed by atoms with E-state index in [2.05, 4.69) is 39.8 Å². The zero-order chi connectivity index (χ0) is 44.0. The summed E-state index contributed by atoms with van der Waals surface area (Å²) in [5.41, 5.74) is 0.129. The van der Waals surface area contributed by atoms with Gasteiger partial charge in [0.25, 0.3) is 0 Å². The maximum Gasteiger partial charge on any atom is 0.316 e. The standard InChI is InChI=1S/C47H70O14/c1-24(2)41-27(5)16-17-46(61-41)22-33-19-32(60-46)15-14-26(4)42(25(3)12-11-13-31-23-54-44-39(48)28(6)18-34(45(50)57-33)47(31,44)51)58-38-21-36(53-10)43(30(8)56-38)59-37-20-35(52-9)40(49)29(7)55-37/h11-14,16-18,24-25,27,29-30,32-44,48-49,51H,15,19-23H2,1-10H3/b12-11+,26-14+,31-13-/t25-,27-,29-,30-,32+,33-,34-,35-,36-,37-,38-,39+,40-,41+,42-,43-,44+,46+,47+/m0/s1. The molecule has 6 heterocycles. The van der Waals surface area contributed by atoms with Crippen molar-refractivity contribution in [1.82, 2.24) is 0 Å². The van der Waals surface area contributed by atoms with Gasteiger partial charge >= 0.3 is 5.97 Å². The van der Waals surface area contributed by atoms with E-state index in [1.54, 1.807) is 40.2 Å². The molecule has 7 aliphatic rings. The van der Waals surface area contributed by atoms with Crippen LogP contribution in [-0.2, 0) is 52.2 Å². The topological polar surface area (TPSA) is 170 Å². The molecule has 7 rings (SSSR count). The van der Waals surface area contributed by atoms with Crippen molar-refractivity contribution in [2.45, 2.75) is 185 Å². The molecule has 4 saturated heterocycles. The molecule has 14 nitrogen and oxygen atoms in total. The van der Waals surface area contributed by atoms with Crippen LogP contribution >= 0.6 is 0 Å². The van der Waals surface area contributed by atoms with E-state index in [0.717, 1.165) is 5.57 Å². The number of allylic oxidation sites excluding steroid dienone is 2. The van der Waals surface area contributed by atoms with Crippen LogP contribution in [0.25, 0.3) is 0 Å². The van der Waals surface area contributed by atoms with Crippen molar-refractivity contribution in [2.24, 2.45) is 23.7 Å². The second-order valence-corrected chi connectivity index (χ2v) is 18.8. The summed E-state index contributed by atoms with van der Waals surface area (Å²) in [5, 5.41) is 34.2. The Kier molecular flexibility index (Phi) is 14.6. The van der Waals surface area contributed by atoms with Crippen LogP contribution in [-0.4, -0.2) is 139 Å². The third kappa shape index (κ3) is 9.58. The average Bonchev–Trinajstić information content (AvgIpc) is 3.56. The molecule has 0 saturated carbocycles. The first-order valence-electron chi connectivity index (χ1n) is 22.3. The molecule has 0 radical (unpaired) electrons. The normalized spacial score (nSPS) is 49.3. The Balaban J connectivity index is 1.18. The number of fused-ring (bicyclic) bond motifs is 2. The van der Waals surface area contributed by atoms with E-state index in [4.69, 9.17) is 47.4 Å². The predicted molar refractivity (Wildman–Crippen MR) is 223 cm³/mol. The van der Waals surface area contributed by atoms with Gasteiger partial charge in [-0.15, -0.1) is 0 Å². The molecule has 1 aliphatic carbocycles. The Morgan fingerprint density at radius 3 is 2.28 bits per heavy atom. The van der Waals surface area contributed by atoms with Crippen LogP contribution in [0.2, 0.25) is 0 Å². The summed E-state index contributed by atoms with van der Waals surface area (Å²) in [5.74, 6) is -2.62. The predicted octanol–water partition coefficient (Wildman–Crippen LogP) is 4.99. The van der Waals surface area contributed by atoms with E-state index in [1.807, 2.05) is 32.1 Å². The lowest BCUT2D eigenvalue weighted by Gasteiger charge is -2.48. The largest absolute Gasteiger partial charge is 0.462 e. The number of aliphatic hydroxyl groups is 3. The lowest BCUT2D eigenvalue weighted by atomic mass is 9.71. The Bertz CT molecular complexity index is 1710. The van der Waals surface area contributed by atoms with Crippen molar-refractivity contribution in [3.05, 3.63) is 59.3 Å². The molecule has 0 amide bonds. The third-order valence-corrected chi connectivity index (χ3v) is 14.0. The van der Waals surface area contributed by atoms with E-state index < -0.39 is 90.8 Å². The first-order chi connectivity index (χ1) is 29.0. The molecule has 0 aromatic carbocycles. The molecule has 0 aromatic heterocycles. The van der Waals surface area contributed by atoms with Crippen LogP contribution in [0, 0.1) is 23.7 Å². The fraction of sp³-hybridized carbons (Fsp3) is 0.766. The Morgan fingerprint density at radius 1 is 0.852 bits per heavy atom. The minimum Gasteiger partial charge on any atom is -0.462 e. The number of hydrogen-bond acceptors (Lipinski definition) is 14. The van der Waals surface area contributed by atoms with Gasteiger partial charge < -0.3 is 62.7 Å². The van der Waals surface area contributed by atoms with Crippen LogP contribution < -0.4 is 0 Å². The molecule has 0 unspecified atom stereocenters. The SMILES string of the molecule is CO[C@H]1C[C@H](O[C@H]2[C@H](C)O[C@@H](O[C@@H]3/C(C)=C/C[C@@H]4C[C@@H](C[C@]5(C=C[C@H](C)[C@@H](C(C)C)O5)O4)OC(=O)[C@@H]4C=C(C)[C@@H](O)[C@H]5OC/C(=C/C=C/[C@@H]3C)[C@]54O)C[C@@H]2OC)O[C@@H](C)[C@@H]1O. The molecular formula is C47H70O14. The van der Waals surface area contributed by atoms with Crippen molar-refractivity contribution < 1.29 is 67.5 Å². The van der Waals surface area contributed by atoms with Crippen LogP contribution in [0.5, 0.6) is 0 Å². The highest BCUT2D eigenvalue weighted by Crippen LogP contribution is 2.47. The maximum atomic E-state index is 14.3. The van der Waals surface area contributed by atoms with Crippen molar-refractivity contribution in [1.29, 1.82) is 0 Å². The van der Waals surface area contributed by atoms with Gasteiger partial charge in [-0.3, -0.25) is 4.79 Å². The number of aliphatic hydroxyl groups excluding tert-OH is 2. The number of rotatable bonds is 7. The summed E-state index contributed by atoms with van der Waals surface area (Å²) >= 11 is 0. The monoisotopic (exact) mass is 858 g/mol. The van der Waals surface area contributed by atoms with E-state index in [0.29, 0.717) is 43.3 Å². The molecule has 0 aromatic rings. The fourth-order valence-corrected chi connectivity index (χ4v) is 10.4. The number of methoxy groups -OCH3 is 2. The Labute approximate surface area is 361 Å². The first kappa shape index (κ1) is 46.7. The molecule has 2 bridgehead atoms. The zero-order valence-corrected chi connectivity index (χ0v) is 37.5. The average molecular weight is 859 g/mol. The number of esters is 1. The summed E-state index contributed by atoms with van der Waals surface area (Å²) in [6, 6.07) is 0. The maximum absolute atomic E-state index is 14.3. The lowest BCUT2D eigenvalue weighted by Crippen LogP contribution is -2.58. The minimum absolute atomic E-state index is 0.0313. The van der Waals surface area contributed by atoms with Crippen molar-refractivity contribution in [2.75, 3.05) is 20.8 Å². The minimum atomic E-state index is -1.83. The molecule has 14 heteroatoms. The molecular weight excluding hydrogens is 789 g/mol. The highest BCUT2D eigenvalue weighted by atomic mass is 16.7. The van der Waals surface area contributed by atoms with Crippen LogP contribution in [0.3, 0.4) is 0 Å². The zero-order valence-electron chi connectivity index (χ0n) is 37.5. The number of carbonyl (C=O) groups is 1. The van der Waals surface area contributed by atoms with Crippen LogP contribution in [0.4, 0.5) is 0 Å². The smallest absolute Gasteiger partial charge is 0.316 e. The van der Waals surface area contributed by atoms with Crippen molar-refractivity contribution >= 4 is 5.97 Å². The molecule has 3 N–H and O–H groups in total. The number of carbonyl (C=O) groups excluding carboxylic acids is 1. The van der Waals surface area contributed by atoms with Crippen molar-refractivity contribution in [3.63, 3.8) is 0 Å². The van der Waals surface area contributed by atoms with Gasteiger partial charge in [0.15, 0.2) is 18.4 Å². The van der Waals surface area contributed by atoms with Crippen LogP contribution in [0.1, 0.15) is 87.5 Å². The van der Waals surface area contributed by atoms with Gasteiger partial charge in [-0.2, -0.15) is 0 Å². The van der Waals surface area contributed by atoms with Crippen LogP contribution in [0.15, 0.2) is 59.3 Å². The Morgan fingerprint density at radius 2 is 1.56 bits per heavy atom. The van der Waals surface area contributed by atoms with E-state index in [1.165, 1.54) is 0 Å². The van der Waals surface area contributed by atoms with Gasteiger partial charge in [0, 0.05) is 51.7 Å². The molecule has 4 fully saturated rings. The van der Waals surface area contributed by atoms with E-state index in [-0.39, 0.29) is 42.7 Å². The summed E-state index contributed by atoms with van der Waals surface area (Å²) in [6.07, 6.45) is 7.54. The quantitative estimate of drug-likeness (QED) is 0.231. The second kappa shape index (κ2) is 19.0. The van der Waals surface area contributed by atoms with Gasteiger partial charge in [0.2, 0.25) is 0 Å². The molecule has 19 atom stereocenters. The second-order valence-electron chi connectivity index (χ2n) is 18.8. The summed E-state index contributed by atoms with van der Waals surface area (Å²) in [6.45, 7) is 16.0. The Hall–Kier alpha value is -2.31. The molecule has 1 spiro atoms. The number of ether oxygens (including phenoxy) is 10. The fourth-order valence-electron chi connectivity index (χ4n) is 10.4. The summed E-state index contributed by atoms with van der Waals surface area (Å²) in [4.78, 5) is 14.3. The summed E-state index contributed by atoms with van der Waals surface area (Å²) < 4.78 is 63.5. The van der Waals surface area contributed by atoms with E-state index >= 15 is 0 Å².